The molecular formula is C16H32N2O2. The molecule has 4 atom stereocenters. The molecule has 1 saturated heterocycles. The molecule has 4 nitrogen and oxygen atoms in total. The first-order valence-corrected chi connectivity index (χ1v) is 8.33. The van der Waals surface area contributed by atoms with Crippen LogP contribution in [0.3, 0.4) is 0 Å². The summed E-state index contributed by atoms with van der Waals surface area (Å²) in [4.78, 5) is 2.62. The van der Waals surface area contributed by atoms with Crippen molar-refractivity contribution >= 4 is 0 Å². The standard InChI is InChI=1S/C16H32N2O2/c1-4-8-17-16(12-19)7-5-6-15(9-16)18-10-14(3)20-11-13(18)2/h13-15,17,19H,4-12H2,1-3H3. The summed E-state index contributed by atoms with van der Waals surface area (Å²) in [5, 5.41) is 13.5. The molecule has 0 aromatic heterocycles. The minimum atomic E-state index is -0.0554. The summed E-state index contributed by atoms with van der Waals surface area (Å²) in [7, 11) is 0. The van der Waals surface area contributed by atoms with E-state index in [1.165, 1.54) is 12.8 Å². The Morgan fingerprint density at radius 1 is 1.40 bits per heavy atom. The molecule has 1 aliphatic carbocycles. The molecule has 0 amide bonds. The van der Waals surface area contributed by atoms with E-state index < -0.39 is 0 Å². The van der Waals surface area contributed by atoms with Crippen LogP contribution in [0.1, 0.15) is 52.9 Å². The van der Waals surface area contributed by atoms with Crippen molar-refractivity contribution in [1.29, 1.82) is 0 Å². The molecule has 1 heterocycles. The summed E-state index contributed by atoms with van der Waals surface area (Å²) in [6.45, 7) is 9.74. The average molecular weight is 284 g/mol. The zero-order chi connectivity index (χ0) is 14.6. The Morgan fingerprint density at radius 2 is 2.20 bits per heavy atom. The number of hydrogen-bond acceptors (Lipinski definition) is 4. The fourth-order valence-corrected chi connectivity index (χ4v) is 3.80. The van der Waals surface area contributed by atoms with E-state index in [4.69, 9.17) is 4.74 Å². The fraction of sp³-hybridized carbons (Fsp3) is 1.00. The lowest BCUT2D eigenvalue weighted by Crippen LogP contribution is -2.59. The van der Waals surface area contributed by atoms with Gasteiger partial charge in [-0.05, 0) is 52.5 Å². The van der Waals surface area contributed by atoms with Crippen LogP contribution < -0.4 is 5.32 Å². The van der Waals surface area contributed by atoms with Crippen molar-refractivity contribution in [3.63, 3.8) is 0 Å². The summed E-state index contributed by atoms with van der Waals surface area (Å²) in [6, 6.07) is 1.08. The Kier molecular flexibility index (Phi) is 5.84. The summed E-state index contributed by atoms with van der Waals surface area (Å²) in [5.41, 5.74) is -0.0554. The van der Waals surface area contributed by atoms with Crippen molar-refractivity contribution in [2.24, 2.45) is 0 Å². The van der Waals surface area contributed by atoms with Crippen LogP contribution in [0.5, 0.6) is 0 Å². The second-order valence-electron chi connectivity index (χ2n) is 6.81. The molecule has 118 valence electrons. The molecule has 1 aliphatic heterocycles. The average Bonchev–Trinajstić information content (AvgIpc) is 2.48. The van der Waals surface area contributed by atoms with Crippen molar-refractivity contribution in [2.75, 3.05) is 26.3 Å². The molecule has 0 aromatic carbocycles. The quantitative estimate of drug-likeness (QED) is 0.807. The van der Waals surface area contributed by atoms with E-state index in [2.05, 4.69) is 31.0 Å². The number of ether oxygens (including phenoxy) is 1. The Balaban J connectivity index is 2.01. The molecule has 4 unspecified atom stereocenters. The van der Waals surface area contributed by atoms with Crippen molar-refractivity contribution < 1.29 is 9.84 Å². The Labute approximate surface area is 123 Å². The summed E-state index contributed by atoms with van der Waals surface area (Å²) in [5.74, 6) is 0. The number of nitrogens with zero attached hydrogens (tertiary/aromatic N) is 1. The van der Waals surface area contributed by atoms with Gasteiger partial charge in [-0.1, -0.05) is 6.92 Å². The highest BCUT2D eigenvalue weighted by Gasteiger charge is 2.39. The van der Waals surface area contributed by atoms with Crippen LogP contribution in [-0.2, 0) is 4.74 Å². The van der Waals surface area contributed by atoms with Gasteiger partial charge in [0.05, 0.1) is 19.3 Å². The Bertz CT molecular complexity index is 300. The molecule has 2 fully saturated rings. The zero-order valence-electron chi connectivity index (χ0n) is 13.4. The first kappa shape index (κ1) is 16.2. The van der Waals surface area contributed by atoms with Gasteiger partial charge in [-0.2, -0.15) is 0 Å². The normalized spacial score (nSPS) is 39.9. The summed E-state index contributed by atoms with van der Waals surface area (Å²) < 4.78 is 5.75. The molecule has 0 spiro atoms. The van der Waals surface area contributed by atoms with Gasteiger partial charge in [0, 0.05) is 24.2 Å². The van der Waals surface area contributed by atoms with Crippen LogP contribution in [0.2, 0.25) is 0 Å². The highest BCUT2D eigenvalue weighted by molar-refractivity contribution is 4.98. The van der Waals surface area contributed by atoms with Crippen LogP contribution in [0.25, 0.3) is 0 Å². The van der Waals surface area contributed by atoms with Gasteiger partial charge in [0.15, 0.2) is 0 Å². The molecule has 4 heteroatoms. The molecule has 0 aromatic rings. The van der Waals surface area contributed by atoms with E-state index in [0.717, 1.165) is 39.0 Å². The van der Waals surface area contributed by atoms with E-state index in [1.54, 1.807) is 0 Å². The second kappa shape index (κ2) is 7.21. The second-order valence-corrected chi connectivity index (χ2v) is 6.81. The molecule has 0 radical (unpaired) electrons. The molecule has 0 bridgehead atoms. The third-order valence-electron chi connectivity index (χ3n) is 5.00. The first-order valence-electron chi connectivity index (χ1n) is 8.33. The highest BCUT2D eigenvalue weighted by Crippen LogP contribution is 2.33. The SMILES string of the molecule is CCCNC1(CO)CCCC(N2CC(C)OCC2C)C1. The molecular weight excluding hydrogens is 252 g/mol. The zero-order valence-corrected chi connectivity index (χ0v) is 13.4. The number of aliphatic hydroxyl groups is 1. The van der Waals surface area contributed by atoms with Crippen molar-refractivity contribution in [3.8, 4) is 0 Å². The predicted octanol–water partition coefficient (Wildman–Crippen LogP) is 1.77. The van der Waals surface area contributed by atoms with Gasteiger partial charge in [-0.25, -0.2) is 0 Å². The number of hydrogen-bond donors (Lipinski definition) is 2. The van der Waals surface area contributed by atoms with Crippen molar-refractivity contribution in [3.05, 3.63) is 0 Å². The fourth-order valence-electron chi connectivity index (χ4n) is 3.80. The minimum Gasteiger partial charge on any atom is -0.394 e. The van der Waals surface area contributed by atoms with E-state index in [1.807, 2.05) is 0 Å². The van der Waals surface area contributed by atoms with Gasteiger partial charge < -0.3 is 15.2 Å². The van der Waals surface area contributed by atoms with Gasteiger partial charge in [-0.15, -0.1) is 0 Å². The first-order chi connectivity index (χ1) is 9.60. The molecule has 1 saturated carbocycles. The van der Waals surface area contributed by atoms with Gasteiger partial charge in [0.2, 0.25) is 0 Å². The maximum absolute atomic E-state index is 9.90. The van der Waals surface area contributed by atoms with E-state index in [0.29, 0.717) is 18.2 Å². The molecule has 20 heavy (non-hydrogen) atoms. The van der Waals surface area contributed by atoms with E-state index >= 15 is 0 Å². The van der Waals surface area contributed by atoms with Gasteiger partial charge >= 0.3 is 0 Å². The lowest BCUT2D eigenvalue weighted by molar-refractivity contribution is -0.0791. The highest BCUT2D eigenvalue weighted by atomic mass is 16.5. The minimum absolute atomic E-state index is 0.0554. The maximum Gasteiger partial charge on any atom is 0.0674 e. The Hall–Kier alpha value is -0.160. The van der Waals surface area contributed by atoms with Crippen LogP contribution in [0.15, 0.2) is 0 Å². The lowest BCUT2D eigenvalue weighted by Gasteiger charge is -2.48. The third-order valence-corrected chi connectivity index (χ3v) is 5.00. The number of nitrogens with one attached hydrogen (secondary N) is 1. The Morgan fingerprint density at radius 3 is 2.90 bits per heavy atom. The number of morpholine rings is 1. The van der Waals surface area contributed by atoms with Crippen LogP contribution in [-0.4, -0.2) is 60.0 Å². The molecule has 2 aliphatic rings. The summed E-state index contributed by atoms with van der Waals surface area (Å²) in [6.07, 6.45) is 6.10. The smallest absolute Gasteiger partial charge is 0.0674 e. The number of rotatable bonds is 5. The lowest BCUT2D eigenvalue weighted by atomic mass is 9.78. The largest absolute Gasteiger partial charge is 0.394 e. The van der Waals surface area contributed by atoms with Crippen LogP contribution in [0, 0.1) is 0 Å². The van der Waals surface area contributed by atoms with Crippen LogP contribution >= 0.6 is 0 Å². The van der Waals surface area contributed by atoms with Gasteiger partial charge in [0.25, 0.3) is 0 Å². The van der Waals surface area contributed by atoms with Gasteiger partial charge in [0.1, 0.15) is 0 Å². The van der Waals surface area contributed by atoms with Crippen molar-refractivity contribution in [2.45, 2.75) is 76.6 Å². The molecule has 2 rings (SSSR count). The van der Waals surface area contributed by atoms with Crippen LogP contribution in [0.4, 0.5) is 0 Å². The monoisotopic (exact) mass is 284 g/mol. The van der Waals surface area contributed by atoms with Crippen molar-refractivity contribution in [1.82, 2.24) is 10.2 Å². The number of aliphatic hydroxyl groups excluding tert-OH is 1. The van der Waals surface area contributed by atoms with E-state index in [9.17, 15) is 5.11 Å². The molecule has 2 N–H and O–H groups in total. The third kappa shape index (κ3) is 3.73. The summed E-state index contributed by atoms with van der Waals surface area (Å²) >= 11 is 0. The van der Waals surface area contributed by atoms with E-state index in [-0.39, 0.29) is 12.1 Å². The predicted molar refractivity (Wildman–Crippen MR) is 81.9 cm³/mol. The topological polar surface area (TPSA) is 44.7 Å². The van der Waals surface area contributed by atoms with Gasteiger partial charge in [-0.3, -0.25) is 4.90 Å². The maximum atomic E-state index is 9.90.